The zero-order valence-corrected chi connectivity index (χ0v) is 12.2. The minimum atomic E-state index is 0.691. The summed E-state index contributed by atoms with van der Waals surface area (Å²) in [6.07, 6.45) is 5.07. The van der Waals surface area contributed by atoms with Crippen LogP contribution in [0.4, 0.5) is 0 Å². The summed E-state index contributed by atoms with van der Waals surface area (Å²) in [6, 6.07) is 8.75. The molecule has 0 fully saturated rings. The zero-order chi connectivity index (χ0) is 12.3. The Labute approximate surface area is 112 Å². The summed E-state index contributed by atoms with van der Waals surface area (Å²) < 4.78 is 1.15. The van der Waals surface area contributed by atoms with Crippen LogP contribution in [0.25, 0.3) is 10.9 Å². The van der Waals surface area contributed by atoms with Gasteiger partial charge in [0.1, 0.15) is 0 Å². The number of nitrogens with one attached hydrogen (secondary N) is 1. The van der Waals surface area contributed by atoms with E-state index in [2.05, 4.69) is 59.0 Å². The van der Waals surface area contributed by atoms with Gasteiger partial charge >= 0.3 is 0 Å². The first kappa shape index (κ1) is 12.7. The SMILES string of the molecule is CCCC(CCC)c1cc2cc(Br)ccc2[nH]1. The highest BCUT2D eigenvalue weighted by molar-refractivity contribution is 9.10. The number of hydrogen-bond donors (Lipinski definition) is 1. The molecule has 2 aromatic rings. The summed E-state index contributed by atoms with van der Waals surface area (Å²) in [4.78, 5) is 3.57. The number of halogens is 1. The molecule has 0 amide bonds. The molecule has 0 spiro atoms. The number of fused-ring (bicyclic) bond motifs is 1. The highest BCUT2D eigenvalue weighted by Gasteiger charge is 2.12. The maximum atomic E-state index is 3.57. The summed E-state index contributed by atoms with van der Waals surface area (Å²) in [5.41, 5.74) is 2.65. The number of H-pyrrole nitrogens is 1. The smallest absolute Gasteiger partial charge is 0.0456 e. The first-order chi connectivity index (χ1) is 8.24. The molecule has 92 valence electrons. The van der Waals surface area contributed by atoms with Crippen LogP contribution in [0, 0.1) is 0 Å². The number of hydrogen-bond acceptors (Lipinski definition) is 0. The van der Waals surface area contributed by atoms with Gasteiger partial charge in [-0.25, -0.2) is 0 Å². The third-order valence-electron chi connectivity index (χ3n) is 3.32. The average molecular weight is 294 g/mol. The van der Waals surface area contributed by atoms with Crippen LogP contribution >= 0.6 is 15.9 Å². The molecule has 1 nitrogen and oxygen atoms in total. The van der Waals surface area contributed by atoms with Crippen LogP contribution in [0.5, 0.6) is 0 Å². The van der Waals surface area contributed by atoms with Gasteiger partial charge in [0.05, 0.1) is 0 Å². The van der Waals surface area contributed by atoms with Gasteiger partial charge in [-0.1, -0.05) is 42.6 Å². The fourth-order valence-electron chi connectivity index (χ4n) is 2.50. The Balaban J connectivity index is 2.33. The second kappa shape index (κ2) is 5.72. The second-order valence-corrected chi connectivity index (χ2v) is 5.65. The lowest BCUT2D eigenvalue weighted by Crippen LogP contribution is -1.98. The van der Waals surface area contributed by atoms with Crippen LogP contribution in [0.3, 0.4) is 0 Å². The van der Waals surface area contributed by atoms with E-state index in [1.807, 2.05) is 0 Å². The average Bonchev–Trinajstić information content (AvgIpc) is 2.71. The Bertz CT molecular complexity index is 481. The van der Waals surface area contributed by atoms with E-state index in [0.717, 1.165) is 4.47 Å². The molecule has 0 saturated heterocycles. The van der Waals surface area contributed by atoms with Crippen molar-refractivity contribution in [2.45, 2.75) is 45.4 Å². The van der Waals surface area contributed by atoms with E-state index in [-0.39, 0.29) is 0 Å². The number of aromatic nitrogens is 1. The van der Waals surface area contributed by atoms with Crippen molar-refractivity contribution in [1.29, 1.82) is 0 Å². The van der Waals surface area contributed by atoms with Crippen molar-refractivity contribution in [3.63, 3.8) is 0 Å². The van der Waals surface area contributed by atoms with Crippen LogP contribution in [-0.4, -0.2) is 4.98 Å². The molecule has 0 radical (unpaired) electrons. The van der Waals surface area contributed by atoms with Crippen molar-refractivity contribution >= 4 is 26.8 Å². The van der Waals surface area contributed by atoms with Gasteiger partial charge in [-0.15, -0.1) is 0 Å². The highest BCUT2D eigenvalue weighted by atomic mass is 79.9. The predicted molar refractivity (Wildman–Crippen MR) is 78.6 cm³/mol. The van der Waals surface area contributed by atoms with Crippen molar-refractivity contribution in [1.82, 2.24) is 4.98 Å². The van der Waals surface area contributed by atoms with Crippen molar-refractivity contribution in [2.24, 2.45) is 0 Å². The first-order valence-electron chi connectivity index (χ1n) is 6.52. The first-order valence-corrected chi connectivity index (χ1v) is 7.32. The fourth-order valence-corrected chi connectivity index (χ4v) is 2.88. The quantitative estimate of drug-likeness (QED) is 0.737. The topological polar surface area (TPSA) is 15.8 Å². The van der Waals surface area contributed by atoms with E-state index in [0.29, 0.717) is 5.92 Å². The zero-order valence-electron chi connectivity index (χ0n) is 10.6. The summed E-state index contributed by atoms with van der Waals surface area (Å²) in [6.45, 7) is 4.53. The standard InChI is InChI=1S/C15H20BrN/c1-3-5-11(6-4-2)15-10-12-9-13(16)7-8-14(12)17-15/h7-11,17H,3-6H2,1-2H3. The molecule has 0 bridgehead atoms. The minimum Gasteiger partial charge on any atom is -0.358 e. The summed E-state index contributed by atoms with van der Waals surface area (Å²) in [5.74, 6) is 0.691. The molecule has 2 heteroatoms. The normalized spacial score (nSPS) is 11.5. The van der Waals surface area contributed by atoms with Gasteiger partial charge in [0.15, 0.2) is 0 Å². The van der Waals surface area contributed by atoms with E-state index in [1.54, 1.807) is 0 Å². The number of rotatable bonds is 5. The van der Waals surface area contributed by atoms with Crippen LogP contribution < -0.4 is 0 Å². The molecular formula is C15H20BrN. The molecule has 0 atom stereocenters. The summed E-state index contributed by atoms with van der Waals surface area (Å²) in [5, 5.41) is 1.31. The van der Waals surface area contributed by atoms with E-state index in [9.17, 15) is 0 Å². The van der Waals surface area contributed by atoms with E-state index in [4.69, 9.17) is 0 Å². The third kappa shape index (κ3) is 2.92. The Morgan fingerprint density at radius 3 is 2.47 bits per heavy atom. The third-order valence-corrected chi connectivity index (χ3v) is 3.81. The minimum absolute atomic E-state index is 0.691. The van der Waals surface area contributed by atoms with Crippen molar-refractivity contribution < 1.29 is 0 Å². The lowest BCUT2D eigenvalue weighted by molar-refractivity contribution is 0.551. The van der Waals surface area contributed by atoms with Gasteiger partial charge < -0.3 is 4.98 Å². The molecule has 1 aromatic heterocycles. The Hall–Kier alpha value is -0.760. The molecule has 1 aromatic carbocycles. The van der Waals surface area contributed by atoms with Gasteiger partial charge in [0, 0.05) is 21.1 Å². The molecule has 0 aliphatic rings. The van der Waals surface area contributed by atoms with Crippen molar-refractivity contribution in [3.8, 4) is 0 Å². The van der Waals surface area contributed by atoms with Gasteiger partial charge in [0.2, 0.25) is 0 Å². The molecule has 0 saturated carbocycles. The van der Waals surface area contributed by atoms with Gasteiger partial charge in [-0.05, 0) is 43.0 Å². The molecule has 0 aliphatic carbocycles. The highest BCUT2D eigenvalue weighted by Crippen LogP contribution is 2.29. The molecule has 0 unspecified atom stereocenters. The van der Waals surface area contributed by atoms with Crippen LogP contribution in [0.1, 0.15) is 51.1 Å². The lowest BCUT2D eigenvalue weighted by Gasteiger charge is -2.13. The monoisotopic (exact) mass is 293 g/mol. The summed E-state index contributed by atoms with van der Waals surface area (Å²) >= 11 is 3.53. The number of benzene rings is 1. The van der Waals surface area contributed by atoms with Crippen LogP contribution in [-0.2, 0) is 0 Å². The molecule has 1 N–H and O–H groups in total. The van der Waals surface area contributed by atoms with Gasteiger partial charge in [-0.2, -0.15) is 0 Å². The van der Waals surface area contributed by atoms with Gasteiger partial charge in [0.25, 0.3) is 0 Å². The maximum Gasteiger partial charge on any atom is 0.0456 e. The summed E-state index contributed by atoms with van der Waals surface area (Å²) in [7, 11) is 0. The molecule has 17 heavy (non-hydrogen) atoms. The number of aromatic amines is 1. The Morgan fingerprint density at radius 2 is 1.82 bits per heavy atom. The van der Waals surface area contributed by atoms with E-state index >= 15 is 0 Å². The van der Waals surface area contributed by atoms with E-state index < -0.39 is 0 Å². The molecule has 1 heterocycles. The predicted octanol–water partition coefficient (Wildman–Crippen LogP) is 5.61. The van der Waals surface area contributed by atoms with Crippen LogP contribution in [0.2, 0.25) is 0 Å². The van der Waals surface area contributed by atoms with Crippen molar-refractivity contribution in [3.05, 3.63) is 34.4 Å². The molecule has 0 aliphatic heterocycles. The largest absolute Gasteiger partial charge is 0.358 e. The van der Waals surface area contributed by atoms with Crippen molar-refractivity contribution in [2.75, 3.05) is 0 Å². The fraction of sp³-hybridized carbons (Fsp3) is 0.467. The van der Waals surface area contributed by atoms with Gasteiger partial charge in [-0.3, -0.25) is 0 Å². The lowest BCUT2D eigenvalue weighted by atomic mass is 9.95. The molecule has 2 rings (SSSR count). The second-order valence-electron chi connectivity index (χ2n) is 4.73. The molecular weight excluding hydrogens is 274 g/mol. The van der Waals surface area contributed by atoms with E-state index in [1.165, 1.54) is 42.3 Å². The Morgan fingerprint density at radius 1 is 1.12 bits per heavy atom. The van der Waals surface area contributed by atoms with Crippen LogP contribution in [0.15, 0.2) is 28.7 Å². The Kier molecular flexibility index (Phi) is 4.27. The maximum absolute atomic E-state index is 3.57.